The lowest BCUT2D eigenvalue weighted by Crippen LogP contribution is -2.42. The van der Waals surface area contributed by atoms with Gasteiger partial charge in [0, 0.05) is 43.9 Å². The third-order valence-corrected chi connectivity index (χ3v) is 6.23. The number of urea groups is 1. The standard InChI is InChI=1S/C25H28N6O2/c1-17-14-22(29(2)28-17)26-25(32)30-12-7-9-19(16-30)24-27-23(21-11-4-5-13-31(21)24)18-8-6-10-20(15-18)33-3/h4-6,8,10-11,13-15,19H,7,9,12,16H2,1-3H3,(H,26,32)/t19-/m1/s1. The fourth-order valence-electron chi connectivity index (χ4n) is 4.62. The number of imidazole rings is 1. The van der Waals surface area contributed by atoms with Crippen molar-refractivity contribution in [3.8, 4) is 17.0 Å². The summed E-state index contributed by atoms with van der Waals surface area (Å²) in [6.07, 6.45) is 3.97. The first kappa shape index (κ1) is 21.1. The van der Waals surface area contributed by atoms with E-state index in [1.807, 2.05) is 55.3 Å². The number of fused-ring (bicyclic) bond motifs is 1. The summed E-state index contributed by atoms with van der Waals surface area (Å²) in [6.45, 7) is 3.26. The Bertz CT molecular complexity index is 1310. The van der Waals surface area contributed by atoms with Crippen LogP contribution in [0.4, 0.5) is 10.6 Å². The minimum atomic E-state index is -0.100. The molecule has 8 nitrogen and oxygen atoms in total. The second-order valence-corrected chi connectivity index (χ2v) is 8.52. The average Bonchev–Trinajstić information content (AvgIpc) is 3.38. The van der Waals surface area contributed by atoms with Crippen LogP contribution in [0.1, 0.15) is 30.3 Å². The molecular formula is C25H28N6O2. The Morgan fingerprint density at radius 3 is 2.85 bits per heavy atom. The van der Waals surface area contributed by atoms with E-state index >= 15 is 0 Å². The topological polar surface area (TPSA) is 76.7 Å². The van der Waals surface area contributed by atoms with Crippen molar-refractivity contribution in [1.82, 2.24) is 24.1 Å². The van der Waals surface area contributed by atoms with Crippen molar-refractivity contribution < 1.29 is 9.53 Å². The molecule has 3 aromatic heterocycles. The van der Waals surface area contributed by atoms with Gasteiger partial charge in [0.05, 0.1) is 24.0 Å². The number of methoxy groups -OCH3 is 1. The van der Waals surface area contributed by atoms with Crippen LogP contribution in [0.5, 0.6) is 5.75 Å². The minimum Gasteiger partial charge on any atom is -0.497 e. The summed E-state index contributed by atoms with van der Waals surface area (Å²) in [4.78, 5) is 20.0. The molecule has 1 aliphatic heterocycles. The summed E-state index contributed by atoms with van der Waals surface area (Å²) in [5.74, 6) is 2.63. The fourth-order valence-corrected chi connectivity index (χ4v) is 4.62. The third-order valence-electron chi connectivity index (χ3n) is 6.23. The first-order valence-electron chi connectivity index (χ1n) is 11.2. The SMILES string of the molecule is COc1cccc(-c2nc([C@@H]3CCCN(C(=O)Nc4cc(C)nn4C)C3)n3ccccc23)c1. The molecule has 5 rings (SSSR count). The largest absolute Gasteiger partial charge is 0.497 e. The number of likely N-dealkylation sites (tertiary alicyclic amines) is 1. The molecule has 0 saturated carbocycles. The van der Waals surface area contributed by atoms with Crippen molar-refractivity contribution in [2.24, 2.45) is 7.05 Å². The predicted octanol–water partition coefficient (Wildman–Crippen LogP) is 4.46. The van der Waals surface area contributed by atoms with E-state index in [0.717, 1.165) is 53.4 Å². The number of pyridine rings is 1. The molecule has 4 heterocycles. The maximum Gasteiger partial charge on any atom is 0.323 e. The van der Waals surface area contributed by atoms with Gasteiger partial charge >= 0.3 is 6.03 Å². The number of carbonyl (C=O) groups is 1. The Kier molecular flexibility index (Phi) is 5.50. The number of nitrogens with zero attached hydrogens (tertiary/aromatic N) is 5. The number of hydrogen-bond acceptors (Lipinski definition) is 4. The van der Waals surface area contributed by atoms with E-state index < -0.39 is 0 Å². The summed E-state index contributed by atoms with van der Waals surface area (Å²) >= 11 is 0. The molecule has 1 atom stereocenters. The highest BCUT2D eigenvalue weighted by Gasteiger charge is 2.29. The number of benzene rings is 1. The highest BCUT2D eigenvalue weighted by molar-refractivity contribution is 5.88. The van der Waals surface area contributed by atoms with Crippen LogP contribution in [0.2, 0.25) is 0 Å². The molecule has 33 heavy (non-hydrogen) atoms. The van der Waals surface area contributed by atoms with Crippen molar-refractivity contribution in [3.63, 3.8) is 0 Å². The highest BCUT2D eigenvalue weighted by atomic mass is 16.5. The zero-order valence-electron chi connectivity index (χ0n) is 19.2. The van der Waals surface area contributed by atoms with Crippen LogP contribution in [-0.2, 0) is 7.05 Å². The Balaban J connectivity index is 1.44. The van der Waals surface area contributed by atoms with Gasteiger partial charge in [-0.25, -0.2) is 9.78 Å². The van der Waals surface area contributed by atoms with E-state index in [9.17, 15) is 4.79 Å². The molecule has 4 aromatic rings. The Morgan fingerprint density at radius 2 is 2.06 bits per heavy atom. The molecule has 1 aromatic carbocycles. The third kappa shape index (κ3) is 4.04. The fraction of sp³-hybridized carbons (Fsp3) is 0.320. The Hall–Kier alpha value is -3.81. The normalized spacial score (nSPS) is 16.2. The van der Waals surface area contributed by atoms with Gasteiger partial charge in [0.15, 0.2) is 0 Å². The monoisotopic (exact) mass is 444 g/mol. The lowest BCUT2D eigenvalue weighted by Gasteiger charge is -2.32. The lowest BCUT2D eigenvalue weighted by atomic mass is 9.97. The number of amides is 2. The van der Waals surface area contributed by atoms with Crippen molar-refractivity contribution >= 4 is 17.4 Å². The van der Waals surface area contributed by atoms with Gasteiger partial charge in [-0.3, -0.25) is 10.00 Å². The molecule has 0 unspecified atom stereocenters. The molecule has 1 aliphatic rings. The van der Waals surface area contributed by atoms with Crippen molar-refractivity contribution in [1.29, 1.82) is 0 Å². The number of ether oxygens (including phenoxy) is 1. The van der Waals surface area contributed by atoms with Crippen molar-refractivity contribution in [2.75, 3.05) is 25.5 Å². The van der Waals surface area contributed by atoms with Crippen molar-refractivity contribution in [2.45, 2.75) is 25.7 Å². The first-order chi connectivity index (χ1) is 16.0. The van der Waals surface area contributed by atoms with Gasteiger partial charge in [0.1, 0.15) is 17.4 Å². The summed E-state index contributed by atoms with van der Waals surface area (Å²) in [5, 5.41) is 7.31. The molecule has 0 spiro atoms. The summed E-state index contributed by atoms with van der Waals surface area (Å²) in [6, 6.07) is 15.9. The Labute approximate surface area is 192 Å². The van der Waals surface area contributed by atoms with Gasteiger partial charge in [-0.05, 0) is 44.0 Å². The van der Waals surface area contributed by atoms with Gasteiger partial charge in [-0.1, -0.05) is 18.2 Å². The van der Waals surface area contributed by atoms with Crippen LogP contribution in [0.3, 0.4) is 0 Å². The number of aryl methyl sites for hydroxylation is 2. The molecule has 0 radical (unpaired) electrons. The smallest absolute Gasteiger partial charge is 0.323 e. The second kappa shape index (κ2) is 8.61. The molecule has 0 aliphatic carbocycles. The zero-order chi connectivity index (χ0) is 22.9. The minimum absolute atomic E-state index is 0.100. The molecule has 1 N–H and O–H groups in total. The number of anilines is 1. The van der Waals surface area contributed by atoms with Gasteiger partial charge in [0.25, 0.3) is 0 Å². The van der Waals surface area contributed by atoms with Crippen LogP contribution in [0, 0.1) is 6.92 Å². The Morgan fingerprint density at radius 1 is 1.18 bits per heavy atom. The van der Waals surface area contributed by atoms with Crippen LogP contribution >= 0.6 is 0 Å². The van der Waals surface area contributed by atoms with Crippen LogP contribution in [0.25, 0.3) is 16.8 Å². The molecule has 1 saturated heterocycles. The molecular weight excluding hydrogens is 416 g/mol. The van der Waals surface area contributed by atoms with Gasteiger partial charge in [0.2, 0.25) is 0 Å². The van der Waals surface area contributed by atoms with Gasteiger partial charge in [-0.2, -0.15) is 5.10 Å². The summed E-state index contributed by atoms with van der Waals surface area (Å²) in [7, 11) is 3.50. The molecule has 170 valence electrons. The zero-order valence-corrected chi connectivity index (χ0v) is 19.2. The predicted molar refractivity (Wildman–Crippen MR) is 128 cm³/mol. The van der Waals surface area contributed by atoms with Crippen LogP contribution in [-0.4, -0.2) is 50.3 Å². The van der Waals surface area contributed by atoms with E-state index in [4.69, 9.17) is 9.72 Å². The van der Waals surface area contributed by atoms with E-state index in [1.54, 1.807) is 11.8 Å². The lowest BCUT2D eigenvalue weighted by molar-refractivity contribution is 0.191. The first-order valence-corrected chi connectivity index (χ1v) is 11.2. The van der Waals surface area contributed by atoms with Crippen molar-refractivity contribution in [3.05, 3.63) is 66.2 Å². The number of rotatable bonds is 4. The van der Waals surface area contributed by atoms with E-state index in [-0.39, 0.29) is 11.9 Å². The number of piperidine rings is 1. The van der Waals surface area contributed by atoms with Gasteiger partial charge < -0.3 is 14.0 Å². The molecule has 8 heteroatoms. The molecule has 2 amide bonds. The number of carbonyl (C=O) groups excluding carboxylic acids is 1. The average molecular weight is 445 g/mol. The maximum atomic E-state index is 13.0. The maximum absolute atomic E-state index is 13.0. The van der Waals surface area contributed by atoms with E-state index in [2.05, 4.69) is 33.1 Å². The highest BCUT2D eigenvalue weighted by Crippen LogP contribution is 2.33. The molecule has 1 fully saturated rings. The summed E-state index contributed by atoms with van der Waals surface area (Å²) in [5.41, 5.74) is 3.86. The van der Waals surface area contributed by atoms with Crippen LogP contribution < -0.4 is 10.1 Å². The number of aromatic nitrogens is 4. The van der Waals surface area contributed by atoms with E-state index in [0.29, 0.717) is 12.4 Å². The number of nitrogens with one attached hydrogen (secondary N) is 1. The van der Waals surface area contributed by atoms with E-state index in [1.165, 1.54) is 0 Å². The molecule has 0 bridgehead atoms. The van der Waals surface area contributed by atoms with Gasteiger partial charge in [-0.15, -0.1) is 0 Å². The quantitative estimate of drug-likeness (QED) is 0.504. The van der Waals surface area contributed by atoms with Crippen LogP contribution in [0.15, 0.2) is 54.7 Å². The number of hydrogen-bond donors (Lipinski definition) is 1. The summed E-state index contributed by atoms with van der Waals surface area (Å²) < 4.78 is 9.27. The second-order valence-electron chi connectivity index (χ2n) is 8.52.